The van der Waals surface area contributed by atoms with Gasteiger partial charge in [0.05, 0.1) is 12.6 Å². The lowest BCUT2D eigenvalue weighted by molar-refractivity contribution is -0.338. The van der Waals surface area contributed by atoms with Gasteiger partial charge < -0.3 is 0 Å². The molecule has 0 bridgehead atoms. The van der Waals surface area contributed by atoms with Crippen molar-refractivity contribution in [3.05, 3.63) is 29.8 Å². The lowest BCUT2D eigenvalue weighted by Gasteiger charge is -2.25. The fourth-order valence-electron chi connectivity index (χ4n) is 2.00. The van der Waals surface area contributed by atoms with Gasteiger partial charge in [-0.1, -0.05) is 6.07 Å². The van der Waals surface area contributed by atoms with Crippen molar-refractivity contribution in [3.8, 4) is 0 Å². The topological polar surface area (TPSA) is 51.7 Å². The number of rotatable bonds is 3. The normalized spacial score (nSPS) is 20.6. The lowest BCUT2D eigenvalue weighted by Crippen LogP contribution is -2.40. The number of pyridine rings is 1. The quantitative estimate of drug-likeness (QED) is 0.635. The van der Waals surface area contributed by atoms with E-state index in [1.54, 1.807) is 0 Å². The van der Waals surface area contributed by atoms with Gasteiger partial charge in [-0.3, -0.25) is 14.4 Å². The van der Waals surface area contributed by atoms with Crippen molar-refractivity contribution in [2.24, 2.45) is 0 Å². The van der Waals surface area contributed by atoms with Crippen LogP contribution in [-0.2, 0) is 14.4 Å². The first-order valence-electron chi connectivity index (χ1n) is 6.10. The van der Waals surface area contributed by atoms with E-state index < -0.39 is 30.4 Å². The molecule has 2 atom stereocenters. The summed E-state index contributed by atoms with van der Waals surface area (Å²) in [6, 6.07) is 1.88. The first kappa shape index (κ1) is 15.6. The van der Waals surface area contributed by atoms with Gasteiger partial charge >= 0.3 is 6.36 Å². The van der Waals surface area contributed by atoms with Crippen LogP contribution in [0.2, 0.25) is 0 Å². The van der Waals surface area contributed by atoms with E-state index in [0.717, 1.165) is 18.1 Å². The van der Waals surface area contributed by atoms with Crippen LogP contribution in [-0.4, -0.2) is 35.0 Å². The molecule has 1 saturated heterocycles. The van der Waals surface area contributed by atoms with E-state index in [1.807, 2.05) is 0 Å². The Morgan fingerprint density at radius 3 is 2.81 bits per heavy atom. The Balaban J connectivity index is 2.11. The summed E-state index contributed by atoms with van der Waals surface area (Å²) in [4.78, 5) is 20.5. The molecule has 1 aromatic heterocycles. The Bertz CT molecular complexity index is 506. The number of carbonyl (C=O) groups excluding carboxylic acids is 1. The van der Waals surface area contributed by atoms with Gasteiger partial charge in [0, 0.05) is 12.6 Å². The van der Waals surface area contributed by atoms with E-state index in [4.69, 9.17) is 4.84 Å². The van der Waals surface area contributed by atoms with Gasteiger partial charge in [-0.25, -0.2) is 10.0 Å². The highest BCUT2D eigenvalue weighted by Gasteiger charge is 2.40. The molecule has 9 heteroatoms. The Morgan fingerprint density at radius 2 is 2.24 bits per heavy atom. The van der Waals surface area contributed by atoms with Gasteiger partial charge in [0.1, 0.15) is 6.10 Å². The monoisotopic (exact) mass is 308 g/mol. The minimum Gasteiger partial charge on any atom is -0.279 e. The van der Waals surface area contributed by atoms with Crippen LogP contribution in [0.5, 0.6) is 0 Å². The number of hydrogen-bond acceptors (Lipinski definition) is 4. The summed E-state index contributed by atoms with van der Waals surface area (Å²) < 4.78 is 52.8. The van der Waals surface area contributed by atoms with Gasteiger partial charge in [0.25, 0.3) is 5.91 Å². The summed E-state index contributed by atoms with van der Waals surface area (Å²) in [6.07, 6.45) is -5.07. The molecule has 0 spiro atoms. The summed E-state index contributed by atoms with van der Waals surface area (Å²) in [7, 11) is 0. The Hall–Kier alpha value is -1.74. The van der Waals surface area contributed by atoms with E-state index >= 15 is 0 Å². The summed E-state index contributed by atoms with van der Waals surface area (Å²) in [6.45, 7) is 1.14. The molecule has 1 aromatic rings. The minimum absolute atomic E-state index is 0.159. The molecule has 5 nitrogen and oxygen atoms in total. The Morgan fingerprint density at radius 1 is 1.52 bits per heavy atom. The molecule has 0 aliphatic carbocycles. The van der Waals surface area contributed by atoms with Crippen molar-refractivity contribution >= 4 is 5.91 Å². The van der Waals surface area contributed by atoms with Crippen LogP contribution in [0.3, 0.4) is 0 Å². The van der Waals surface area contributed by atoms with Crippen LogP contribution < -0.4 is 0 Å². The number of ether oxygens (including phenoxy) is 1. The molecular formula is C12H12F4N2O3. The Labute approximate surface area is 117 Å². The number of hydrogen-bond donors (Lipinski definition) is 0. The van der Waals surface area contributed by atoms with Crippen molar-refractivity contribution in [2.45, 2.75) is 31.9 Å². The SMILES string of the molecule is CC(OC(F)(F)F)C(=O)N1OCC[C@H]1c1ccc(F)nc1. The van der Waals surface area contributed by atoms with Crippen molar-refractivity contribution < 1.29 is 31.9 Å². The molecule has 0 radical (unpaired) electrons. The minimum atomic E-state index is -4.91. The molecule has 1 unspecified atom stereocenters. The smallest absolute Gasteiger partial charge is 0.279 e. The molecule has 21 heavy (non-hydrogen) atoms. The third-order valence-corrected chi connectivity index (χ3v) is 2.92. The first-order valence-corrected chi connectivity index (χ1v) is 6.10. The zero-order chi connectivity index (χ0) is 15.6. The summed E-state index contributed by atoms with van der Waals surface area (Å²) >= 11 is 0. The fourth-order valence-corrected chi connectivity index (χ4v) is 2.00. The van der Waals surface area contributed by atoms with Gasteiger partial charge in [-0.2, -0.15) is 4.39 Å². The zero-order valence-corrected chi connectivity index (χ0v) is 10.9. The first-order chi connectivity index (χ1) is 9.78. The second-order valence-electron chi connectivity index (χ2n) is 4.42. The van der Waals surface area contributed by atoms with Gasteiger partial charge in [0.15, 0.2) is 0 Å². The van der Waals surface area contributed by atoms with Crippen LogP contribution in [0.1, 0.15) is 24.9 Å². The zero-order valence-electron chi connectivity index (χ0n) is 10.9. The molecule has 0 N–H and O–H groups in total. The van der Waals surface area contributed by atoms with E-state index in [1.165, 1.54) is 12.3 Å². The number of carbonyl (C=O) groups is 1. The van der Waals surface area contributed by atoms with Crippen molar-refractivity contribution in [1.82, 2.24) is 10.0 Å². The molecule has 1 fully saturated rings. The van der Waals surface area contributed by atoms with Crippen LogP contribution in [0.15, 0.2) is 18.3 Å². The van der Waals surface area contributed by atoms with Crippen LogP contribution in [0.4, 0.5) is 17.6 Å². The lowest BCUT2D eigenvalue weighted by atomic mass is 10.1. The van der Waals surface area contributed by atoms with E-state index in [9.17, 15) is 22.4 Å². The number of amides is 1. The predicted molar refractivity (Wildman–Crippen MR) is 61.0 cm³/mol. The highest BCUT2D eigenvalue weighted by molar-refractivity contribution is 5.80. The molecule has 0 aromatic carbocycles. The number of hydroxylamine groups is 2. The maximum absolute atomic E-state index is 12.8. The maximum Gasteiger partial charge on any atom is 0.523 e. The van der Waals surface area contributed by atoms with Crippen LogP contribution in [0, 0.1) is 5.95 Å². The van der Waals surface area contributed by atoms with E-state index in [-0.39, 0.29) is 6.61 Å². The van der Waals surface area contributed by atoms with E-state index in [0.29, 0.717) is 12.0 Å². The van der Waals surface area contributed by atoms with Crippen LogP contribution >= 0.6 is 0 Å². The fraction of sp³-hybridized carbons (Fsp3) is 0.500. The van der Waals surface area contributed by atoms with Crippen LogP contribution in [0.25, 0.3) is 0 Å². The Kier molecular flexibility index (Phi) is 4.43. The predicted octanol–water partition coefficient (Wildman–Crippen LogP) is 2.35. The summed E-state index contributed by atoms with van der Waals surface area (Å²) in [5, 5.41) is 0.825. The van der Waals surface area contributed by atoms with Crippen molar-refractivity contribution in [2.75, 3.05) is 6.61 Å². The highest BCUT2D eigenvalue weighted by Crippen LogP contribution is 2.31. The second-order valence-corrected chi connectivity index (χ2v) is 4.42. The number of halogens is 4. The number of aromatic nitrogens is 1. The third kappa shape index (κ3) is 3.88. The molecule has 1 amide bonds. The molecular weight excluding hydrogens is 296 g/mol. The maximum atomic E-state index is 12.8. The second kappa shape index (κ2) is 5.94. The molecule has 2 rings (SSSR count). The standard InChI is InChI=1S/C12H12F4N2O3/c1-7(21-12(14,15)16)11(19)18-9(4-5-20-18)8-2-3-10(13)17-6-8/h2-3,6-7,9H,4-5H2,1H3/t7?,9-/m0/s1. The average Bonchev–Trinajstić information content (AvgIpc) is 2.85. The van der Waals surface area contributed by atoms with Crippen molar-refractivity contribution in [3.63, 3.8) is 0 Å². The molecule has 0 saturated carbocycles. The third-order valence-electron chi connectivity index (χ3n) is 2.92. The molecule has 2 heterocycles. The molecule has 1 aliphatic heterocycles. The molecule has 1 aliphatic rings. The number of nitrogens with zero attached hydrogens (tertiary/aromatic N) is 2. The largest absolute Gasteiger partial charge is 0.523 e. The van der Waals surface area contributed by atoms with Gasteiger partial charge in [0.2, 0.25) is 5.95 Å². The van der Waals surface area contributed by atoms with Gasteiger partial charge in [-0.15, -0.1) is 13.2 Å². The average molecular weight is 308 g/mol. The van der Waals surface area contributed by atoms with Crippen molar-refractivity contribution in [1.29, 1.82) is 0 Å². The summed E-state index contributed by atoms with van der Waals surface area (Å²) in [5.74, 6) is -1.65. The number of alkyl halides is 3. The highest BCUT2D eigenvalue weighted by atomic mass is 19.4. The summed E-state index contributed by atoms with van der Waals surface area (Å²) in [5.41, 5.74) is 0.474. The van der Waals surface area contributed by atoms with Gasteiger partial charge in [-0.05, 0) is 18.6 Å². The van der Waals surface area contributed by atoms with E-state index in [2.05, 4.69) is 9.72 Å². The molecule has 116 valence electrons.